The van der Waals surface area contributed by atoms with Gasteiger partial charge in [0.25, 0.3) is 5.91 Å². The second kappa shape index (κ2) is 7.02. The summed E-state index contributed by atoms with van der Waals surface area (Å²) in [5, 5.41) is 13.9. The van der Waals surface area contributed by atoms with Crippen LogP contribution < -0.4 is 0 Å². The van der Waals surface area contributed by atoms with Crippen molar-refractivity contribution in [3.63, 3.8) is 0 Å². The number of hydrogen-bond donors (Lipinski definition) is 1. The maximum atomic E-state index is 12.4. The van der Waals surface area contributed by atoms with Gasteiger partial charge in [-0.15, -0.1) is 0 Å². The van der Waals surface area contributed by atoms with Crippen molar-refractivity contribution in [3.05, 3.63) is 46.2 Å². The Kier molecular flexibility index (Phi) is 5.28. The fraction of sp³-hybridized carbons (Fsp3) is 0.267. The minimum Gasteiger partial charge on any atom is -0.480 e. The summed E-state index contributed by atoms with van der Waals surface area (Å²) in [5.74, 6) is -1.52. The fourth-order valence-corrected chi connectivity index (χ4v) is 2.28. The summed E-state index contributed by atoms with van der Waals surface area (Å²) in [5.41, 5.74) is 0.804. The fourth-order valence-electron chi connectivity index (χ4n) is 1.99. The third-order valence-electron chi connectivity index (χ3n) is 3.17. The monoisotopic (exact) mass is 355 g/mol. The number of aromatic nitrogens is 2. The predicted molar refractivity (Wildman–Crippen MR) is 87.4 cm³/mol. The first-order valence-corrected chi connectivity index (χ1v) is 7.59. The van der Waals surface area contributed by atoms with Crippen LogP contribution in [0, 0.1) is 0 Å². The molecule has 0 bridgehead atoms. The lowest BCUT2D eigenvalue weighted by Gasteiger charge is -2.23. The number of amides is 1. The van der Waals surface area contributed by atoms with Crippen molar-refractivity contribution in [2.75, 3.05) is 6.54 Å². The molecule has 6 nitrogen and oxygen atoms in total. The Morgan fingerprint density at radius 2 is 1.96 bits per heavy atom. The summed E-state index contributed by atoms with van der Waals surface area (Å²) in [6.45, 7) is 3.11. The van der Waals surface area contributed by atoms with Crippen LogP contribution in [0.2, 0.25) is 10.0 Å². The molecule has 0 radical (unpaired) electrons. The van der Waals surface area contributed by atoms with Gasteiger partial charge in [-0.2, -0.15) is 5.10 Å². The van der Waals surface area contributed by atoms with E-state index in [1.165, 1.54) is 15.6 Å². The molecule has 0 aliphatic carbocycles. The Labute approximate surface area is 143 Å². The smallest absolute Gasteiger partial charge is 0.323 e. The van der Waals surface area contributed by atoms with E-state index in [9.17, 15) is 9.59 Å². The highest BCUT2D eigenvalue weighted by atomic mass is 35.5. The first-order valence-electron chi connectivity index (χ1n) is 6.83. The zero-order valence-corrected chi connectivity index (χ0v) is 14.0. The summed E-state index contributed by atoms with van der Waals surface area (Å²) in [6, 6.07) is 6.25. The van der Waals surface area contributed by atoms with E-state index in [1.807, 2.05) is 0 Å². The quantitative estimate of drug-likeness (QED) is 0.893. The lowest BCUT2D eigenvalue weighted by atomic mass is 10.2. The van der Waals surface area contributed by atoms with Crippen LogP contribution in [-0.2, 0) is 4.79 Å². The van der Waals surface area contributed by atoms with Crippen LogP contribution in [0.15, 0.2) is 30.5 Å². The molecular weight excluding hydrogens is 341 g/mol. The predicted octanol–water partition coefficient (Wildman–Crippen LogP) is 3.11. The van der Waals surface area contributed by atoms with Crippen LogP contribution in [0.5, 0.6) is 0 Å². The van der Waals surface area contributed by atoms with Gasteiger partial charge in [0.15, 0.2) is 5.69 Å². The molecule has 1 aromatic carbocycles. The maximum absolute atomic E-state index is 12.4. The van der Waals surface area contributed by atoms with Gasteiger partial charge in [-0.1, -0.05) is 23.2 Å². The Morgan fingerprint density at radius 3 is 2.52 bits per heavy atom. The van der Waals surface area contributed by atoms with Gasteiger partial charge in [0, 0.05) is 12.2 Å². The third-order valence-corrected chi connectivity index (χ3v) is 3.90. The van der Waals surface area contributed by atoms with Crippen molar-refractivity contribution in [1.29, 1.82) is 0 Å². The topological polar surface area (TPSA) is 75.4 Å². The van der Waals surface area contributed by atoms with Crippen molar-refractivity contribution >= 4 is 35.1 Å². The van der Waals surface area contributed by atoms with Crippen molar-refractivity contribution in [3.8, 4) is 5.69 Å². The van der Waals surface area contributed by atoms with E-state index >= 15 is 0 Å². The van der Waals surface area contributed by atoms with Gasteiger partial charge in [0.1, 0.15) is 6.54 Å². The molecular formula is C15H15Cl2N3O3. The van der Waals surface area contributed by atoms with Crippen LogP contribution in [0.4, 0.5) is 0 Å². The number of carboxylic acid groups (broad SMARTS) is 1. The van der Waals surface area contributed by atoms with E-state index < -0.39 is 11.9 Å². The second-order valence-electron chi connectivity index (χ2n) is 5.16. The van der Waals surface area contributed by atoms with Crippen LogP contribution in [0.25, 0.3) is 5.69 Å². The van der Waals surface area contributed by atoms with Gasteiger partial charge in [0.05, 0.1) is 15.7 Å². The van der Waals surface area contributed by atoms with Gasteiger partial charge in [-0.05, 0) is 38.1 Å². The molecule has 0 fully saturated rings. The van der Waals surface area contributed by atoms with E-state index in [1.54, 1.807) is 38.2 Å². The molecule has 1 heterocycles. The highest BCUT2D eigenvalue weighted by molar-refractivity contribution is 6.42. The van der Waals surface area contributed by atoms with E-state index in [4.69, 9.17) is 28.3 Å². The maximum Gasteiger partial charge on any atom is 0.323 e. The van der Waals surface area contributed by atoms with E-state index in [2.05, 4.69) is 5.10 Å². The standard InChI is InChI=1S/C15H15Cl2N3O3/c1-9(2)19(8-14(21)22)15(23)13-5-6-20(18-13)10-3-4-11(16)12(17)7-10/h3-7,9H,8H2,1-2H3,(H,21,22). The summed E-state index contributed by atoms with van der Waals surface area (Å²) in [6.07, 6.45) is 1.60. The number of benzene rings is 1. The van der Waals surface area contributed by atoms with Crippen LogP contribution in [0.3, 0.4) is 0 Å². The van der Waals surface area contributed by atoms with Crippen molar-refractivity contribution in [1.82, 2.24) is 14.7 Å². The minimum atomic E-state index is -1.07. The average Bonchev–Trinajstić information content (AvgIpc) is 2.96. The number of rotatable bonds is 5. The summed E-state index contributed by atoms with van der Waals surface area (Å²) in [7, 11) is 0. The highest BCUT2D eigenvalue weighted by Crippen LogP contribution is 2.24. The lowest BCUT2D eigenvalue weighted by Crippen LogP contribution is -2.40. The zero-order valence-electron chi connectivity index (χ0n) is 12.5. The van der Waals surface area contributed by atoms with Gasteiger partial charge in [-0.3, -0.25) is 9.59 Å². The molecule has 0 spiro atoms. The molecule has 0 unspecified atom stereocenters. The number of hydrogen-bond acceptors (Lipinski definition) is 3. The Morgan fingerprint density at radius 1 is 1.26 bits per heavy atom. The van der Waals surface area contributed by atoms with E-state index in [0.29, 0.717) is 15.7 Å². The molecule has 23 heavy (non-hydrogen) atoms. The third kappa shape index (κ3) is 4.03. The first-order chi connectivity index (χ1) is 10.8. The summed E-state index contributed by atoms with van der Waals surface area (Å²) >= 11 is 11.8. The van der Waals surface area contributed by atoms with E-state index in [-0.39, 0.29) is 18.3 Å². The number of carbonyl (C=O) groups excluding carboxylic acids is 1. The van der Waals surface area contributed by atoms with E-state index in [0.717, 1.165) is 0 Å². The van der Waals surface area contributed by atoms with Gasteiger partial charge >= 0.3 is 5.97 Å². The van der Waals surface area contributed by atoms with Crippen molar-refractivity contribution in [2.45, 2.75) is 19.9 Å². The van der Waals surface area contributed by atoms with Crippen molar-refractivity contribution in [2.24, 2.45) is 0 Å². The molecule has 122 valence electrons. The van der Waals surface area contributed by atoms with Gasteiger partial charge < -0.3 is 10.0 Å². The first kappa shape index (κ1) is 17.3. The molecule has 8 heteroatoms. The minimum absolute atomic E-state index is 0.158. The molecule has 2 rings (SSSR count). The van der Waals surface area contributed by atoms with Crippen LogP contribution >= 0.6 is 23.2 Å². The highest BCUT2D eigenvalue weighted by Gasteiger charge is 2.23. The number of nitrogens with zero attached hydrogens (tertiary/aromatic N) is 3. The molecule has 0 atom stereocenters. The van der Waals surface area contributed by atoms with Gasteiger partial charge in [0.2, 0.25) is 0 Å². The van der Waals surface area contributed by atoms with Crippen LogP contribution in [0.1, 0.15) is 24.3 Å². The molecule has 0 aliphatic rings. The molecule has 2 aromatic rings. The Hall–Kier alpha value is -2.05. The largest absolute Gasteiger partial charge is 0.480 e. The normalized spacial score (nSPS) is 10.8. The molecule has 0 aliphatic heterocycles. The van der Waals surface area contributed by atoms with Crippen LogP contribution in [-0.4, -0.2) is 44.3 Å². The zero-order chi connectivity index (χ0) is 17.1. The lowest BCUT2D eigenvalue weighted by molar-refractivity contribution is -0.138. The SMILES string of the molecule is CC(C)N(CC(=O)O)C(=O)c1ccn(-c2ccc(Cl)c(Cl)c2)n1. The number of aliphatic carboxylic acids is 1. The second-order valence-corrected chi connectivity index (χ2v) is 5.98. The number of carbonyl (C=O) groups is 2. The molecule has 1 aromatic heterocycles. The summed E-state index contributed by atoms with van der Waals surface area (Å²) in [4.78, 5) is 24.6. The van der Waals surface area contributed by atoms with Gasteiger partial charge in [-0.25, -0.2) is 4.68 Å². The molecule has 0 saturated carbocycles. The number of carboxylic acids is 1. The van der Waals surface area contributed by atoms with Crippen molar-refractivity contribution < 1.29 is 14.7 Å². The molecule has 0 saturated heterocycles. The molecule has 1 amide bonds. The number of halogens is 2. The Bertz CT molecular complexity index is 743. The molecule has 1 N–H and O–H groups in total. The summed E-state index contributed by atoms with van der Waals surface area (Å²) < 4.78 is 1.48. The average molecular weight is 356 g/mol. The Balaban J connectivity index is 2.28.